The minimum Gasteiger partial charge on any atom is -0.493 e. The van der Waals surface area contributed by atoms with Crippen LogP contribution in [0.1, 0.15) is 17.5 Å². The van der Waals surface area contributed by atoms with Crippen LogP contribution in [0.15, 0.2) is 12.1 Å². The summed E-state index contributed by atoms with van der Waals surface area (Å²) in [6, 6.07) is 1.59. The molecule has 0 spiro atoms. The highest BCUT2D eigenvalue weighted by Gasteiger charge is 2.35. The summed E-state index contributed by atoms with van der Waals surface area (Å²) in [6.07, 6.45) is -5.32. The second kappa shape index (κ2) is 6.11. The molecule has 0 bridgehead atoms. The van der Waals surface area contributed by atoms with Gasteiger partial charge in [0.15, 0.2) is 0 Å². The quantitative estimate of drug-likeness (QED) is 0.875. The first-order valence-corrected chi connectivity index (χ1v) is 6.61. The predicted octanol–water partition coefficient (Wildman–Crippen LogP) is 2.77. The Bertz CT molecular complexity index is 548. The van der Waals surface area contributed by atoms with Gasteiger partial charge in [-0.2, -0.15) is 13.2 Å². The van der Waals surface area contributed by atoms with Crippen molar-refractivity contribution in [2.75, 3.05) is 6.61 Å². The average Bonchev–Trinajstić information content (AvgIpc) is 2.80. The first-order chi connectivity index (χ1) is 9.76. The fourth-order valence-corrected chi connectivity index (χ4v) is 2.45. The minimum absolute atomic E-state index is 0.0596. The molecule has 1 aromatic carbocycles. The molecule has 0 fully saturated rings. The number of carboxylic acids is 1. The van der Waals surface area contributed by atoms with E-state index in [1.54, 1.807) is 12.1 Å². The Kier molecular flexibility index (Phi) is 4.63. The van der Waals surface area contributed by atoms with Gasteiger partial charge in [-0.15, -0.1) is 0 Å². The van der Waals surface area contributed by atoms with Crippen LogP contribution < -0.4 is 10.1 Å². The molecule has 1 unspecified atom stereocenters. The van der Waals surface area contributed by atoms with E-state index in [1.807, 2.05) is 0 Å². The fourth-order valence-electron chi connectivity index (χ4n) is 2.19. The Hall–Kier alpha value is -1.47. The molecule has 1 aliphatic heterocycles. The van der Waals surface area contributed by atoms with E-state index in [4.69, 9.17) is 21.4 Å². The zero-order valence-corrected chi connectivity index (χ0v) is 11.6. The molecule has 1 aliphatic rings. The molecule has 116 valence electrons. The summed E-state index contributed by atoms with van der Waals surface area (Å²) in [6.45, 7) is 0.420. The lowest BCUT2D eigenvalue weighted by atomic mass is 10.1. The minimum atomic E-state index is -4.55. The molecule has 0 saturated heterocycles. The van der Waals surface area contributed by atoms with E-state index in [9.17, 15) is 18.0 Å². The highest BCUT2D eigenvalue weighted by Crippen LogP contribution is 2.33. The smallest absolute Gasteiger partial charge is 0.391 e. The number of nitrogens with one attached hydrogen (secondary N) is 1. The summed E-state index contributed by atoms with van der Waals surface area (Å²) in [7, 11) is 0. The van der Waals surface area contributed by atoms with E-state index in [0.717, 1.165) is 5.56 Å². The van der Waals surface area contributed by atoms with Crippen molar-refractivity contribution in [2.45, 2.75) is 31.6 Å². The Balaban J connectivity index is 2.10. The third-order valence-electron chi connectivity index (χ3n) is 3.10. The number of carboxylic acid groups (broad SMARTS) is 1. The van der Waals surface area contributed by atoms with Gasteiger partial charge in [0, 0.05) is 23.6 Å². The normalized spacial score (nSPS) is 15.4. The molecule has 0 aromatic heterocycles. The van der Waals surface area contributed by atoms with Crippen molar-refractivity contribution in [3.05, 3.63) is 28.3 Å². The largest absolute Gasteiger partial charge is 0.493 e. The van der Waals surface area contributed by atoms with Crippen molar-refractivity contribution in [2.24, 2.45) is 0 Å². The second-order valence-corrected chi connectivity index (χ2v) is 5.18. The summed E-state index contributed by atoms with van der Waals surface area (Å²) in [5.74, 6) is -0.977. The molecule has 0 amide bonds. The first kappa shape index (κ1) is 15.9. The van der Waals surface area contributed by atoms with Crippen LogP contribution in [0.25, 0.3) is 0 Å². The van der Waals surface area contributed by atoms with Crippen LogP contribution in [-0.4, -0.2) is 29.9 Å². The number of alkyl halides is 3. The number of carbonyl (C=O) groups is 1. The molecule has 21 heavy (non-hydrogen) atoms. The highest BCUT2D eigenvalue weighted by molar-refractivity contribution is 6.30. The number of hydrogen-bond donors (Lipinski definition) is 2. The fraction of sp³-hybridized carbons (Fsp3) is 0.462. The van der Waals surface area contributed by atoms with Crippen molar-refractivity contribution < 1.29 is 27.8 Å². The summed E-state index contributed by atoms with van der Waals surface area (Å²) in [4.78, 5) is 10.9. The zero-order valence-electron chi connectivity index (χ0n) is 10.8. The maximum absolute atomic E-state index is 12.3. The number of halogens is 4. The lowest BCUT2D eigenvalue weighted by Crippen LogP contribution is -2.39. The highest BCUT2D eigenvalue weighted by atomic mass is 35.5. The first-order valence-electron chi connectivity index (χ1n) is 6.23. The van der Waals surface area contributed by atoms with Crippen molar-refractivity contribution in [1.82, 2.24) is 5.32 Å². The molecule has 0 saturated carbocycles. The van der Waals surface area contributed by atoms with Crippen molar-refractivity contribution in [3.8, 4) is 5.75 Å². The van der Waals surface area contributed by atoms with Crippen LogP contribution in [0, 0.1) is 0 Å². The van der Waals surface area contributed by atoms with Gasteiger partial charge >= 0.3 is 12.1 Å². The van der Waals surface area contributed by atoms with Gasteiger partial charge in [0.1, 0.15) is 11.8 Å². The maximum Gasteiger partial charge on any atom is 0.391 e. The van der Waals surface area contributed by atoms with Crippen LogP contribution in [0.3, 0.4) is 0 Å². The van der Waals surface area contributed by atoms with Crippen molar-refractivity contribution in [1.29, 1.82) is 0 Å². The molecule has 1 aromatic rings. The number of rotatable bonds is 5. The number of fused-ring (bicyclic) bond motifs is 1. The summed E-state index contributed by atoms with van der Waals surface area (Å²) < 4.78 is 42.4. The number of hydrogen-bond acceptors (Lipinski definition) is 3. The Morgan fingerprint density at radius 2 is 2.19 bits per heavy atom. The summed E-state index contributed by atoms with van der Waals surface area (Å²) in [5, 5.41) is 11.7. The van der Waals surface area contributed by atoms with Gasteiger partial charge in [-0.05, 0) is 17.7 Å². The van der Waals surface area contributed by atoms with E-state index in [1.165, 1.54) is 0 Å². The van der Waals surface area contributed by atoms with Gasteiger partial charge in [-0.3, -0.25) is 10.1 Å². The standard InChI is InChI=1S/C13H13ClF3NO3/c14-9-3-7-1-2-21-11(7)8(4-9)6-18-10(12(19)20)5-13(15,16)17/h3-4,10,18H,1-2,5-6H2,(H,19,20). The molecule has 2 N–H and O–H groups in total. The summed E-state index contributed by atoms with van der Waals surface area (Å²) >= 11 is 5.93. The molecule has 0 radical (unpaired) electrons. The van der Waals surface area contributed by atoms with E-state index in [0.29, 0.717) is 29.4 Å². The molecule has 1 heterocycles. The molecule has 4 nitrogen and oxygen atoms in total. The van der Waals surface area contributed by atoms with E-state index < -0.39 is 24.6 Å². The van der Waals surface area contributed by atoms with Crippen molar-refractivity contribution in [3.63, 3.8) is 0 Å². The molecule has 0 aliphatic carbocycles. The second-order valence-electron chi connectivity index (χ2n) is 4.74. The lowest BCUT2D eigenvalue weighted by molar-refractivity contribution is -0.158. The Morgan fingerprint density at radius 1 is 1.48 bits per heavy atom. The number of ether oxygens (including phenoxy) is 1. The lowest BCUT2D eigenvalue weighted by Gasteiger charge is -2.17. The Morgan fingerprint density at radius 3 is 2.81 bits per heavy atom. The molecule has 1 atom stereocenters. The topological polar surface area (TPSA) is 58.6 Å². The maximum atomic E-state index is 12.3. The van der Waals surface area contributed by atoms with Gasteiger partial charge in [0.05, 0.1) is 13.0 Å². The van der Waals surface area contributed by atoms with Crippen LogP contribution >= 0.6 is 11.6 Å². The van der Waals surface area contributed by atoms with Gasteiger partial charge < -0.3 is 9.84 Å². The third-order valence-corrected chi connectivity index (χ3v) is 3.32. The average molecular weight is 324 g/mol. The molecule has 8 heteroatoms. The monoisotopic (exact) mass is 323 g/mol. The van der Waals surface area contributed by atoms with Gasteiger partial charge in [-0.25, -0.2) is 0 Å². The van der Waals surface area contributed by atoms with E-state index >= 15 is 0 Å². The molecular weight excluding hydrogens is 311 g/mol. The van der Waals surface area contributed by atoms with Gasteiger partial charge in [0.2, 0.25) is 0 Å². The van der Waals surface area contributed by atoms with E-state index in [2.05, 4.69) is 5.32 Å². The van der Waals surface area contributed by atoms with Gasteiger partial charge in [0.25, 0.3) is 0 Å². The third kappa shape index (κ3) is 4.25. The van der Waals surface area contributed by atoms with Crippen LogP contribution in [0.2, 0.25) is 5.02 Å². The number of aliphatic carboxylic acids is 1. The van der Waals surface area contributed by atoms with Crippen molar-refractivity contribution >= 4 is 17.6 Å². The Labute approximate surface area is 123 Å². The van der Waals surface area contributed by atoms with E-state index in [-0.39, 0.29) is 6.54 Å². The predicted molar refractivity (Wildman–Crippen MR) is 69.6 cm³/mol. The number of benzene rings is 1. The summed E-state index contributed by atoms with van der Waals surface area (Å²) in [5.41, 5.74) is 1.44. The van der Waals surface area contributed by atoms with Gasteiger partial charge in [-0.1, -0.05) is 11.6 Å². The van der Waals surface area contributed by atoms with Crippen LogP contribution in [0.5, 0.6) is 5.75 Å². The van der Waals surface area contributed by atoms with Crippen LogP contribution in [-0.2, 0) is 17.8 Å². The molecule has 2 rings (SSSR count). The molecular formula is C13H13ClF3NO3. The SMILES string of the molecule is O=C(O)C(CC(F)(F)F)NCc1cc(Cl)cc2c1OCC2. The van der Waals surface area contributed by atoms with Crippen LogP contribution in [0.4, 0.5) is 13.2 Å². The zero-order chi connectivity index (χ0) is 15.6.